The fraction of sp³-hybridized carbons (Fsp3) is 0.250. The number of aliphatic imine (C=N–C) groups is 2. The Morgan fingerprint density at radius 3 is 2.58 bits per heavy atom. The highest BCUT2D eigenvalue weighted by molar-refractivity contribution is 5.89. The van der Waals surface area contributed by atoms with Crippen molar-refractivity contribution in [2.75, 3.05) is 24.3 Å². The van der Waals surface area contributed by atoms with Crippen LogP contribution in [-0.2, 0) is 11.3 Å². The fourth-order valence-electron chi connectivity index (χ4n) is 3.24. The van der Waals surface area contributed by atoms with Gasteiger partial charge in [0.05, 0.1) is 5.69 Å². The molecular formula is C24H28N8O. The predicted octanol–water partition coefficient (Wildman–Crippen LogP) is 3.75. The van der Waals surface area contributed by atoms with Crippen molar-refractivity contribution in [3.8, 4) is 11.1 Å². The summed E-state index contributed by atoms with van der Waals surface area (Å²) >= 11 is 0. The summed E-state index contributed by atoms with van der Waals surface area (Å²) in [4.78, 5) is 31.2. The first-order valence-electron chi connectivity index (χ1n) is 10.5. The highest BCUT2D eigenvalue weighted by atomic mass is 16.2. The van der Waals surface area contributed by atoms with E-state index in [1.165, 1.54) is 6.34 Å². The number of nitrogens with one attached hydrogen (secondary N) is 1. The van der Waals surface area contributed by atoms with Gasteiger partial charge in [0.2, 0.25) is 5.91 Å². The van der Waals surface area contributed by atoms with Crippen molar-refractivity contribution in [2.45, 2.75) is 27.3 Å². The minimum absolute atomic E-state index is 0.0892. The number of carbonyl (C=O) groups is 1. The third-order valence-electron chi connectivity index (χ3n) is 4.86. The minimum atomic E-state index is -0.203. The zero-order chi connectivity index (χ0) is 23.8. The Labute approximate surface area is 193 Å². The van der Waals surface area contributed by atoms with Gasteiger partial charge in [0, 0.05) is 55.7 Å². The Balaban J connectivity index is 1.65. The molecular weight excluding hydrogens is 416 g/mol. The number of hydrogen-bond donors (Lipinski definition) is 1. The van der Waals surface area contributed by atoms with E-state index in [0.717, 1.165) is 33.9 Å². The van der Waals surface area contributed by atoms with Crippen LogP contribution in [-0.4, -0.2) is 52.3 Å². The molecule has 0 unspecified atom stereocenters. The molecule has 0 bridgehead atoms. The van der Waals surface area contributed by atoms with Crippen molar-refractivity contribution in [2.24, 2.45) is 9.98 Å². The summed E-state index contributed by atoms with van der Waals surface area (Å²) in [5, 5.41) is 7.38. The number of anilines is 2. The lowest BCUT2D eigenvalue weighted by atomic mass is 10.1. The number of amides is 1. The summed E-state index contributed by atoms with van der Waals surface area (Å²) in [7, 11) is 3.90. The number of pyridine rings is 2. The monoisotopic (exact) mass is 444 g/mol. The Morgan fingerprint density at radius 1 is 1.12 bits per heavy atom. The van der Waals surface area contributed by atoms with Gasteiger partial charge < -0.3 is 10.2 Å². The van der Waals surface area contributed by atoms with Crippen molar-refractivity contribution in [1.82, 2.24) is 19.7 Å². The quantitative estimate of drug-likeness (QED) is 0.421. The van der Waals surface area contributed by atoms with Gasteiger partial charge in [0.15, 0.2) is 0 Å². The van der Waals surface area contributed by atoms with Crippen molar-refractivity contribution in [3.05, 3.63) is 59.8 Å². The van der Waals surface area contributed by atoms with Crippen LogP contribution in [0.25, 0.3) is 17.2 Å². The SMILES string of the molecule is C\C=N/C=N\C=C\c1ccc(NC(=O)Cn2nc(C)c(-c3ccc(N(C)C)nc3)c2C)nc1. The van der Waals surface area contributed by atoms with Crippen LogP contribution in [0.4, 0.5) is 11.6 Å². The molecule has 33 heavy (non-hydrogen) atoms. The van der Waals surface area contributed by atoms with Gasteiger partial charge in [-0.15, -0.1) is 0 Å². The zero-order valence-corrected chi connectivity index (χ0v) is 19.5. The van der Waals surface area contributed by atoms with Crippen LogP contribution in [0, 0.1) is 13.8 Å². The Hall–Kier alpha value is -4.14. The maximum absolute atomic E-state index is 12.6. The number of hydrogen-bond acceptors (Lipinski definition) is 6. The second-order valence-electron chi connectivity index (χ2n) is 7.52. The molecule has 0 fully saturated rings. The Bertz CT molecular complexity index is 1170. The van der Waals surface area contributed by atoms with E-state index in [1.807, 2.05) is 64.2 Å². The van der Waals surface area contributed by atoms with Gasteiger partial charge in [-0.25, -0.2) is 20.0 Å². The summed E-state index contributed by atoms with van der Waals surface area (Å²) in [5.41, 5.74) is 4.58. The van der Waals surface area contributed by atoms with E-state index in [1.54, 1.807) is 35.4 Å². The van der Waals surface area contributed by atoms with Gasteiger partial charge in [-0.2, -0.15) is 5.10 Å². The molecule has 0 atom stereocenters. The molecule has 9 heteroatoms. The average Bonchev–Trinajstić information content (AvgIpc) is 3.07. The number of carbonyl (C=O) groups excluding carboxylic acids is 1. The van der Waals surface area contributed by atoms with Crippen molar-refractivity contribution >= 4 is 36.2 Å². The maximum Gasteiger partial charge on any atom is 0.247 e. The van der Waals surface area contributed by atoms with Crippen LogP contribution in [0.15, 0.2) is 52.8 Å². The van der Waals surface area contributed by atoms with Crippen LogP contribution in [0.2, 0.25) is 0 Å². The summed E-state index contributed by atoms with van der Waals surface area (Å²) in [6.07, 6.45) is 10.0. The number of rotatable bonds is 8. The van der Waals surface area contributed by atoms with Crippen molar-refractivity contribution < 1.29 is 4.79 Å². The Kier molecular flexibility index (Phi) is 7.80. The molecule has 0 saturated heterocycles. The summed E-state index contributed by atoms with van der Waals surface area (Å²) in [6.45, 7) is 5.80. The number of aryl methyl sites for hydroxylation is 1. The van der Waals surface area contributed by atoms with Crippen molar-refractivity contribution in [1.29, 1.82) is 0 Å². The molecule has 3 aromatic heterocycles. The number of nitrogens with zero attached hydrogens (tertiary/aromatic N) is 7. The smallest absolute Gasteiger partial charge is 0.247 e. The Morgan fingerprint density at radius 2 is 1.94 bits per heavy atom. The molecule has 3 rings (SSSR count). The van der Waals surface area contributed by atoms with Crippen LogP contribution < -0.4 is 10.2 Å². The lowest BCUT2D eigenvalue weighted by Gasteiger charge is -2.11. The van der Waals surface area contributed by atoms with Gasteiger partial charge in [-0.3, -0.25) is 9.48 Å². The van der Waals surface area contributed by atoms with Crippen molar-refractivity contribution in [3.63, 3.8) is 0 Å². The first kappa shape index (κ1) is 23.5. The van der Waals surface area contributed by atoms with E-state index >= 15 is 0 Å². The van der Waals surface area contributed by atoms with Crippen LogP contribution in [0.5, 0.6) is 0 Å². The van der Waals surface area contributed by atoms with Gasteiger partial charge in [0.1, 0.15) is 24.5 Å². The molecule has 0 aliphatic rings. The van der Waals surface area contributed by atoms with Gasteiger partial charge in [-0.1, -0.05) is 0 Å². The molecule has 0 aromatic carbocycles. The summed E-state index contributed by atoms with van der Waals surface area (Å²) in [5.74, 6) is 1.15. The molecule has 0 aliphatic carbocycles. The van der Waals surface area contributed by atoms with E-state index in [2.05, 4.69) is 30.4 Å². The van der Waals surface area contributed by atoms with E-state index in [-0.39, 0.29) is 12.5 Å². The minimum Gasteiger partial charge on any atom is -0.363 e. The molecule has 1 N–H and O–H groups in total. The summed E-state index contributed by atoms with van der Waals surface area (Å²) < 4.78 is 1.70. The van der Waals surface area contributed by atoms with Gasteiger partial charge in [0.25, 0.3) is 0 Å². The second-order valence-corrected chi connectivity index (χ2v) is 7.52. The highest BCUT2D eigenvalue weighted by Gasteiger charge is 2.16. The highest BCUT2D eigenvalue weighted by Crippen LogP contribution is 2.27. The molecule has 3 heterocycles. The third-order valence-corrected chi connectivity index (χ3v) is 4.86. The van der Waals surface area contributed by atoms with Crippen LogP contribution in [0.1, 0.15) is 23.9 Å². The van der Waals surface area contributed by atoms with Crippen LogP contribution in [0.3, 0.4) is 0 Å². The van der Waals surface area contributed by atoms with E-state index in [4.69, 9.17) is 0 Å². The maximum atomic E-state index is 12.6. The zero-order valence-electron chi connectivity index (χ0n) is 19.5. The fourth-order valence-corrected chi connectivity index (χ4v) is 3.24. The van der Waals surface area contributed by atoms with E-state index in [0.29, 0.717) is 5.82 Å². The molecule has 0 aliphatic heterocycles. The van der Waals surface area contributed by atoms with Gasteiger partial charge >= 0.3 is 0 Å². The molecule has 3 aromatic rings. The lowest BCUT2D eigenvalue weighted by molar-refractivity contribution is -0.117. The first-order chi connectivity index (χ1) is 15.9. The topological polar surface area (TPSA) is 101 Å². The second kappa shape index (κ2) is 10.9. The summed E-state index contributed by atoms with van der Waals surface area (Å²) in [6, 6.07) is 7.58. The average molecular weight is 445 g/mol. The molecule has 0 spiro atoms. The van der Waals surface area contributed by atoms with E-state index in [9.17, 15) is 4.79 Å². The molecule has 0 radical (unpaired) electrons. The molecule has 9 nitrogen and oxygen atoms in total. The largest absolute Gasteiger partial charge is 0.363 e. The predicted molar refractivity (Wildman–Crippen MR) is 134 cm³/mol. The number of aromatic nitrogens is 4. The molecule has 0 saturated carbocycles. The lowest BCUT2D eigenvalue weighted by Crippen LogP contribution is -2.20. The third kappa shape index (κ3) is 6.19. The van der Waals surface area contributed by atoms with Crippen LogP contribution >= 0.6 is 0 Å². The van der Waals surface area contributed by atoms with E-state index < -0.39 is 0 Å². The van der Waals surface area contributed by atoms with Gasteiger partial charge in [-0.05, 0) is 56.7 Å². The normalized spacial score (nSPS) is 11.7. The molecule has 1 amide bonds. The first-order valence-corrected chi connectivity index (χ1v) is 10.5. The molecule has 170 valence electrons. The standard InChI is InChI=1S/C24H28N8O/c1-6-25-16-26-12-11-19-7-9-21(27-13-19)29-23(33)15-32-18(3)24(17(2)30-32)20-8-10-22(28-14-20)31(4)5/h6-14,16H,15H2,1-5H3,(H,27,29,33)/b12-11+,25-6-,26-16-.